The number of halogens is 1. The van der Waals surface area contributed by atoms with Crippen LogP contribution in [0.15, 0.2) is 84.0 Å². The minimum absolute atomic E-state index is 0.0979. The predicted molar refractivity (Wildman–Crippen MR) is 150 cm³/mol. The van der Waals surface area contributed by atoms with Gasteiger partial charge in [0.1, 0.15) is 0 Å². The van der Waals surface area contributed by atoms with Crippen molar-refractivity contribution in [1.82, 2.24) is 10.6 Å². The lowest BCUT2D eigenvalue weighted by atomic mass is 10.1. The Bertz CT molecular complexity index is 1360. The first-order chi connectivity index (χ1) is 18.3. The molecule has 196 valence electrons. The van der Waals surface area contributed by atoms with Gasteiger partial charge in [-0.3, -0.25) is 14.4 Å². The second kappa shape index (κ2) is 11.4. The molecule has 1 aliphatic heterocycles. The number of rotatable bonds is 8. The Morgan fingerprint density at radius 1 is 0.947 bits per heavy atom. The fraction of sp³-hybridized carbons (Fsp3) is 0.214. The van der Waals surface area contributed by atoms with Crippen LogP contribution in [0.4, 0.5) is 17.1 Å². The molecule has 3 amide bonds. The van der Waals surface area contributed by atoms with Crippen molar-refractivity contribution in [3.63, 3.8) is 0 Å². The van der Waals surface area contributed by atoms with Crippen LogP contribution in [0.25, 0.3) is 0 Å². The lowest BCUT2D eigenvalue weighted by molar-refractivity contribution is -0.127. The van der Waals surface area contributed by atoms with E-state index in [1.54, 1.807) is 48.5 Å². The van der Waals surface area contributed by atoms with E-state index < -0.39 is 23.4 Å². The third-order valence-electron chi connectivity index (χ3n) is 6.11. The molecule has 0 bridgehead atoms. The smallest absolute Gasteiger partial charge is 0.302 e. The number of carbonyl (C=O) groups is 3. The van der Waals surface area contributed by atoms with Gasteiger partial charge < -0.3 is 20.9 Å². The molecule has 0 aromatic heterocycles. The van der Waals surface area contributed by atoms with E-state index in [0.29, 0.717) is 11.4 Å². The molecule has 3 N–H and O–H groups in total. The largest absolute Gasteiger partial charge is 0.372 e. The highest BCUT2D eigenvalue weighted by Crippen LogP contribution is 2.29. The van der Waals surface area contributed by atoms with Crippen LogP contribution >= 0.6 is 11.6 Å². The van der Waals surface area contributed by atoms with Crippen molar-refractivity contribution < 1.29 is 14.4 Å². The monoisotopic (exact) mass is 532 g/mol. The summed E-state index contributed by atoms with van der Waals surface area (Å²) in [6.07, 6.45) is 0. The number of amidine groups is 1. The molecule has 1 aliphatic rings. The van der Waals surface area contributed by atoms with Gasteiger partial charge in [-0.05, 0) is 62.4 Å². The number of hydrazone groups is 1. The lowest BCUT2D eigenvalue weighted by Gasteiger charge is -2.32. The zero-order chi connectivity index (χ0) is 27.3. The summed E-state index contributed by atoms with van der Waals surface area (Å²) in [5, 5.41) is 14.4. The Labute approximate surface area is 226 Å². The predicted octanol–water partition coefficient (Wildman–Crippen LogP) is 4.22. The molecule has 3 aromatic rings. The summed E-state index contributed by atoms with van der Waals surface area (Å²) in [6, 6.07) is 22.7. The second-order valence-corrected chi connectivity index (χ2v) is 9.02. The molecule has 0 saturated carbocycles. The van der Waals surface area contributed by atoms with Gasteiger partial charge in [0.15, 0.2) is 5.84 Å². The molecule has 1 heterocycles. The maximum Gasteiger partial charge on any atom is 0.302 e. The van der Waals surface area contributed by atoms with Crippen molar-refractivity contribution in [2.75, 3.05) is 28.3 Å². The summed E-state index contributed by atoms with van der Waals surface area (Å²) in [4.78, 5) is 41.8. The van der Waals surface area contributed by atoms with Crippen LogP contribution in [0.3, 0.4) is 0 Å². The first-order valence-electron chi connectivity index (χ1n) is 12.3. The average molecular weight is 533 g/mol. The summed E-state index contributed by atoms with van der Waals surface area (Å²) in [6.45, 7) is 7.12. The normalized spacial score (nSPS) is 16.6. The number of benzene rings is 3. The van der Waals surface area contributed by atoms with Gasteiger partial charge in [-0.1, -0.05) is 41.9 Å². The minimum Gasteiger partial charge on any atom is -0.372 e. The van der Waals surface area contributed by atoms with E-state index in [2.05, 4.69) is 39.8 Å². The zero-order valence-corrected chi connectivity index (χ0v) is 22.1. The van der Waals surface area contributed by atoms with Crippen LogP contribution in [0.5, 0.6) is 0 Å². The molecule has 9 nitrogen and oxygen atoms in total. The van der Waals surface area contributed by atoms with Crippen LogP contribution in [0.2, 0.25) is 5.02 Å². The van der Waals surface area contributed by atoms with E-state index in [1.165, 1.54) is 6.92 Å². The van der Waals surface area contributed by atoms with Crippen molar-refractivity contribution in [3.05, 3.63) is 89.4 Å². The first-order valence-corrected chi connectivity index (χ1v) is 12.6. The Morgan fingerprint density at radius 2 is 1.58 bits per heavy atom. The van der Waals surface area contributed by atoms with Gasteiger partial charge in [-0.25, -0.2) is 0 Å². The Hall–Kier alpha value is -4.37. The SMILES string of the molecule is CCN(CC)c1ccc(NC2(NC(C)=O)C(=O)N(c3ccccc3)N=C2NC(=O)c2ccccc2Cl)cc1. The average Bonchev–Trinajstić information content (AvgIpc) is 3.16. The molecular weight excluding hydrogens is 504 g/mol. The molecular formula is C28H29ClN6O3. The highest BCUT2D eigenvalue weighted by molar-refractivity contribution is 6.35. The number of anilines is 3. The van der Waals surface area contributed by atoms with Crippen LogP contribution in [-0.4, -0.2) is 42.3 Å². The lowest BCUT2D eigenvalue weighted by Crippen LogP contribution is -2.67. The van der Waals surface area contributed by atoms with Gasteiger partial charge in [0, 0.05) is 31.4 Å². The van der Waals surface area contributed by atoms with E-state index in [-0.39, 0.29) is 16.4 Å². The van der Waals surface area contributed by atoms with E-state index in [4.69, 9.17) is 11.6 Å². The number of carbonyl (C=O) groups excluding carboxylic acids is 3. The molecule has 0 spiro atoms. The van der Waals surface area contributed by atoms with E-state index in [1.807, 2.05) is 30.3 Å². The third-order valence-corrected chi connectivity index (χ3v) is 6.44. The van der Waals surface area contributed by atoms with E-state index in [9.17, 15) is 14.4 Å². The topological polar surface area (TPSA) is 106 Å². The Balaban J connectivity index is 1.77. The van der Waals surface area contributed by atoms with Crippen LogP contribution in [0, 0.1) is 0 Å². The van der Waals surface area contributed by atoms with Crippen molar-refractivity contribution in [2.45, 2.75) is 26.4 Å². The fourth-order valence-electron chi connectivity index (χ4n) is 4.25. The molecule has 1 atom stereocenters. The zero-order valence-electron chi connectivity index (χ0n) is 21.4. The van der Waals surface area contributed by atoms with Gasteiger partial charge >= 0.3 is 5.91 Å². The number of para-hydroxylation sites is 1. The number of hydrogen-bond acceptors (Lipinski definition) is 6. The maximum atomic E-state index is 14.0. The standard InChI is InChI=1S/C28H29ClN6O3/c1-4-34(5-2)21-17-15-20(16-18-21)32-28(31-19(3)36)26(30-25(37)23-13-9-10-14-24(23)29)33-35(27(28)38)22-11-7-6-8-12-22/h6-18,32H,4-5H2,1-3H3,(H,31,36)(H,30,33,37). The molecule has 4 rings (SSSR count). The molecule has 38 heavy (non-hydrogen) atoms. The first kappa shape index (κ1) is 26.7. The molecule has 1 unspecified atom stereocenters. The highest BCUT2D eigenvalue weighted by Gasteiger charge is 2.54. The summed E-state index contributed by atoms with van der Waals surface area (Å²) >= 11 is 6.24. The molecule has 0 fully saturated rings. The molecule has 0 radical (unpaired) electrons. The van der Waals surface area contributed by atoms with Gasteiger partial charge in [0.2, 0.25) is 5.91 Å². The number of nitrogens with zero attached hydrogens (tertiary/aromatic N) is 3. The Kier molecular flexibility index (Phi) is 7.97. The summed E-state index contributed by atoms with van der Waals surface area (Å²) < 4.78 is 0. The van der Waals surface area contributed by atoms with E-state index in [0.717, 1.165) is 23.8 Å². The van der Waals surface area contributed by atoms with Gasteiger partial charge in [0.05, 0.1) is 16.3 Å². The van der Waals surface area contributed by atoms with Crippen molar-refractivity contribution in [3.8, 4) is 0 Å². The third kappa shape index (κ3) is 5.33. The molecule has 0 saturated heterocycles. The van der Waals surface area contributed by atoms with E-state index >= 15 is 0 Å². The van der Waals surface area contributed by atoms with Gasteiger partial charge in [-0.2, -0.15) is 5.01 Å². The van der Waals surface area contributed by atoms with Crippen LogP contribution in [-0.2, 0) is 9.59 Å². The Morgan fingerprint density at radius 3 is 2.18 bits per heavy atom. The van der Waals surface area contributed by atoms with Crippen molar-refractivity contribution in [2.24, 2.45) is 5.10 Å². The fourth-order valence-corrected chi connectivity index (χ4v) is 4.47. The molecule has 3 aromatic carbocycles. The second-order valence-electron chi connectivity index (χ2n) is 8.61. The minimum atomic E-state index is -1.89. The summed E-state index contributed by atoms with van der Waals surface area (Å²) in [7, 11) is 0. The quantitative estimate of drug-likeness (QED) is 0.377. The van der Waals surface area contributed by atoms with Gasteiger partial charge in [-0.15, -0.1) is 5.10 Å². The molecule has 0 aliphatic carbocycles. The number of hydrogen-bond donors (Lipinski definition) is 3. The van der Waals surface area contributed by atoms with Crippen LogP contribution in [0.1, 0.15) is 31.1 Å². The van der Waals surface area contributed by atoms with Crippen LogP contribution < -0.4 is 25.9 Å². The highest BCUT2D eigenvalue weighted by atomic mass is 35.5. The summed E-state index contributed by atoms with van der Waals surface area (Å²) in [5.74, 6) is -1.77. The number of nitrogens with one attached hydrogen (secondary N) is 3. The van der Waals surface area contributed by atoms with Crippen molar-refractivity contribution >= 4 is 52.2 Å². The number of amides is 3. The maximum absolute atomic E-state index is 14.0. The molecule has 10 heteroatoms. The van der Waals surface area contributed by atoms with Crippen molar-refractivity contribution in [1.29, 1.82) is 0 Å². The van der Waals surface area contributed by atoms with Gasteiger partial charge in [0.25, 0.3) is 11.6 Å². The summed E-state index contributed by atoms with van der Waals surface area (Å²) in [5.41, 5.74) is 0.321.